The summed E-state index contributed by atoms with van der Waals surface area (Å²) >= 11 is 0. The number of aliphatic hydroxyl groups excluding tert-OH is 2. The number of nitrogens with two attached hydrogens (primary N) is 1. The number of fused-ring (bicyclic) bond motifs is 3. The highest BCUT2D eigenvalue weighted by Gasteiger charge is 2.53. The molecule has 2 saturated heterocycles. The first-order valence-electron chi connectivity index (χ1n) is 29.3. The molecule has 15 atom stereocenters. The maximum Gasteiger partial charge on any atom is 0.407 e. The maximum absolute atomic E-state index is 14.5. The van der Waals surface area contributed by atoms with Crippen molar-refractivity contribution >= 4 is 35.3 Å². The summed E-state index contributed by atoms with van der Waals surface area (Å²) in [6.45, 7) is 15.2. The van der Waals surface area contributed by atoms with Crippen molar-refractivity contribution in [2.24, 2.45) is 35.3 Å². The SMILES string of the molecule is CCOCCOCCOCCOCCNC(=O)O[C@@H]1/C(C)=C/[C@@H](C)C(=O)C[C@@H]([C@H](N)C[C@@H]2CC[C@@H](O)[C@H](OC)C2)OC(=O)[C@@H]2CCCCN2C(=O)C(=O)[C@]2(O)O[C@@H](CC[C@H]2C)C[C@H](OC)/C(C)=C/C=C/C=C/[C@@H](C)C[C@@H](C)C(=O)[C@@H]1O. The fraction of sp³-hybridized carbons (Fsp3) is 0.767. The second-order valence-electron chi connectivity index (χ2n) is 22.4. The number of cyclic esters (lactones) is 1. The number of ether oxygens (including phenoxy) is 9. The maximum atomic E-state index is 14.5. The third kappa shape index (κ3) is 22.0. The van der Waals surface area contributed by atoms with Gasteiger partial charge in [-0.3, -0.25) is 19.2 Å². The number of ketones is 3. The van der Waals surface area contributed by atoms with E-state index >= 15 is 0 Å². The quantitative estimate of drug-likeness (QED) is 0.0490. The van der Waals surface area contributed by atoms with Crippen LogP contribution in [0, 0.1) is 29.6 Å². The van der Waals surface area contributed by atoms with E-state index in [1.807, 2.05) is 51.2 Å². The molecule has 0 unspecified atom stereocenters. The van der Waals surface area contributed by atoms with E-state index in [0.29, 0.717) is 91.0 Å². The van der Waals surface area contributed by atoms with Crippen LogP contribution in [0.5, 0.6) is 0 Å². The van der Waals surface area contributed by atoms with E-state index in [4.69, 9.17) is 48.4 Å². The molecule has 3 fully saturated rings. The Kier molecular flexibility index (Phi) is 30.6. The van der Waals surface area contributed by atoms with Crippen molar-refractivity contribution in [2.75, 3.05) is 80.2 Å². The number of piperidine rings is 1. The van der Waals surface area contributed by atoms with Crippen molar-refractivity contribution in [2.45, 2.75) is 186 Å². The standard InChI is InChI=1S/C60H97N3O18/c1-10-75-26-27-77-30-31-78-29-28-76-25-23-62-59(71)80-55-42(6)33-40(4)49(65)37-51(46(61)34-44-20-22-48(64)52(35-44)74-9)79-58(70)47-18-14-15-24-63(47)57(69)56(68)60(72)43(7)19-21-45(81-60)36-50(73-8)39(3)17-13-11-12-16-38(2)32-41(5)53(66)54(55)67/h11-13,16-17,33,38,40-41,43-48,50-52,54-55,64,67,72H,10,14-15,18-32,34-37,61H2,1-9H3,(H,62,71)/b13-11+,16-12+,39-17+,42-33+/t38-,40-,41-,43-,44+,45+,46-,47+,48-,50+,51+,52-,54+,55-,60-/m1/s1. The molecule has 2 amide bonds. The van der Waals surface area contributed by atoms with E-state index in [1.165, 1.54) is 13.2 Å². The van der Waals surface area contributed by atoms with Gasteiger partial charge in [0.25, 0.3) is 11.7 Å². The lowest BCUT2D eigenvalue weighted by Gasteiger charge is -2.42. The summed E-state index contributed by atoms with van der Waals surface area (Å²) in [5, 5.41) is 37.0. The van der Waals surface area contributed by atoms with E-state index < -0.39 is 120 Å². The highest BCUT2D eigenvalue weighted by atomic mass is 16.6. The van der Waals surface area contributed by atoms with Crippen molar-refractivity contribution in [3.63, 3.8) is 0 Å². The minimum Gasteiger partial charge on any atom is -0.459 e. The van der Waals surface area contributed by atoms with Gasteiger partial charge in [-0.1, -0.05) is 64.2 Å². The molecular weight excluding hydrogens is 1050 g/mol. The minimum absolute atomic E-state index is 0.0138. The highest BCUT2D eigenvalue weighted by Crippen LogP contribution is 2.37. The molecule has 4 aliphatic rings. The van der Waals surface area contributed by atoms with Crippen molar-refractivity contribution in [3.05, 3.63) is 47.6 Å². The Morgan fingerprint density at radius 3 is 2.17 bits per heavy atom. The smallest absolute Gasteiger partial charge is 0.407 e. The summed E-state index contributed by atoms with van der Waals surface area (Å²) in [6, 6.07) is -2.18. The molecule has 21 nitrogen and oxygen atoms in total. The molecule has 4 rings (SSSR count). The average molecular weight is 1150 g/mol. The molecular formula is C60H97N3O18. The van der Waals surface area contributed by atoms with Gasteiger partial charge in [-0.05, 0) is 108 Å². The Morgan fingerprint density at radius 1 is 0.827 bits per heavy atom. The Balaban J connectivity index is 1.64. The molecule has 1 aliphatic carbocycles. The second-order valence-corrected chi connectivity index (χ2v) is 22.4. The molecule has 0 spiro atoms. The minimum atomic E-state index is -2.49. The Hall–Kier alpha value is -4.26. The van der Waals surface area contributed by atoms with Crippen molar-refractivity contribution in [1.29, 1.82) is 0 Å². The predicted molar refractivity (Wildman–Crippen MR) is 300 cm³/mol. The third-order valence-corrected chi connectivity index (χ3v) is 16.0. The van der Waals surface area contributed by atoms with Crippen LogP contribution in [0.1, 0.15) is 126 Å². The number of amides is 2. The fourth-order valence-electron chi connectivity index (χ4n) is 11.0. The van der Waals surface area contributed by atoms with Crippen LogP contribution in [0.4, 0.5) is 4.79 Å². The number of esters is 1. The normalized spacial score (nSPS) is 34.7. The summed E-state index contributed by atoms with van der Waals surface area (Å²) in [6.07, 6.45) is 6.94. The number of nitrogens with one attached hydrogen (secondary N) is 1. The average Bonchev–Trinajstić information content (AvgIpc) is 3.55. The number of alkyl carbamates (subject to hydrolysis) is 1. The number of Topliss-reactive ketones (excluding diaryl/α,β-unsaturated/α-hetero) is 3. The van der Waals surface area contributed by atoms with Gasteiger partial charge in [0, 0.05) is 70.6 Å². The van der Waals surface area contributed by atoms with Gasteiger partial charge in [-0.2, -0.15) is 0 Å². The number of carbonyl (C=O) groups excluding carboxylic acids is 6. The van der Waals surface area contributed by atoms with Gasteiger partial charge in [0.2, 0.25) is 5.79 Å². The summed E-state index contributed by atoms with van der Waals surface area (Å²) in [5.41, 5.74) is 7.94. The highest BCUT2D eigenvalue weighted by molar-refractivity contribution is 6.39. The Morgan fingerprint density at radius 2 is 1.51 bits per heavy atom. The second kappa shape index (κ2) is 35.8. The molecule has 0 radical (unpaired) electrons. The van der Waals surface area contributed by atoms with E-state index in [1.54, 1.807) is 34.8 Å². The zero-order valence-corrected chi connectivity index (χ0v) is 49.6. The molecule has 1 saturated carbocycles. The number of aliphatic hydroxyl groups is 3. The molecule has 460 valence electrons. The van der Waals surface area contributed by atoms with Crippen LogP contribution in [-0.2, 0) is 66.6 Å². The van der Waals surface area contributed by atoms with Gasteiger partial charge in [0.05, 0.1) is 70.7 Å². The summed E-state index contributed by atoms with van der Waals surface area (Å²) in [7, 11) is 3.07. The van der Waals surface area contributed by atoms with Gasteiger partial charge in [-0.15, -0.1) is 0 Å². The van der Waals surface area contributed by atoms with E-state index in [9.17, 15) is 44.1 Å². The number of allylic oxidation sites excluding steroid dienone is 6. The molecule has 3 aliphatic heterocycles. The lowest BCUT2D eigenvalue weighted by molar-refractivity contribution is -0.265. The molecule has 6 N–H and O–H groups in total. The van der Waals surface area contributed by atoms with Gasteiger partial charge >= 0.3 is 12.1 Å². The van der Waals surface area contributed by atoms with Crippen molar-refractivity contribution in [3.8, 4) is 0 Å². The Bertz CT molecular complexity index is 2120. The topological polar surface area (TPSA) is 287 Å². The summed E-state index contributed by atoms with van der Waals surface area (Å²) < 4.78 is 51.3. The van der Waals surface area contributed by atoms with Crippen LogP contribution in [0.3, 0.4) is 0 Å². The first kappa shape index (κ1) is 69.2. The molecule has 81 heavy (non-hydrogen) atoms. The van der Waals surface area contributed by atoms with Crippen LogP contribution in [0.15, 0.2) is 47.6 Å². The van der Waals surface area contributed by atoms with Crippen LogP contribution in [-0.4, -0.2) is 196 Å². The van der Waals surface area contributed by atoms with Gasteiger partial charge < -0.3 is 73.9 Å². The number of hydrogen-bond donors (Lipinski definition) is 5. The van der Waals surface area contributed by atoms with E-state index in [2.05, 4.69) is 5.32 Å². The van der Waals surface area contributed by atoms with Crippen molar-refractivity contribution < 1.29 is 86.7 Å². The van der Waals surface area contributed by atoms with Crippen molar-refractivity contribution in [1.82, 2.24) is 10.2 Å². The zero-order chi connectivity index (χ0) is 59.6. The largest absolute Gasteiger partial charge is 0.459 e. The lowest BCUT2D eigenvalue weighted by atomic mass is 9.80. The Labute approximate surface area is 480 Å². The molecule has 3 heterocycles. The number of carbonyl (C=O) groups is 6. The molecule has 0 aromatic rings. The van der Waals surface area contributed by atoms with Crippen LogP contribution >= 0.6 is 0 Å². The zero-order valence-electron chi connectivity index (χ0n) is 49.6. The lowest BCUT2D eigenvalue weighted by Crippen LogP contribution is -2.61. The predicted octanol–water partition coefficient (Wildman–Crippen LogP) is 5.04. The third-order valence-electron chi connectivity index (χ3n) is 16.0. The summed E-state index contributed by atoms with van der Waals surface area (Å²) in [4.78, 5) is 86.3. The molecule has 0 aromatic heterocycles. The van der Waals surface area contributed by atoms with E-state index in [-0.39, 0.29) is 63.0 Å². The number of nitrogens with zero attached hydrogens (tertiary/aromatic N) is 1. The monoisotopic (exact) mass is 1150 g/mol. The van der Waals surface area contributed by atoms with Crippen LogP contribution in [0.25, 0.3) is 0 Å². The van der Waals surface area contributed by atoms with Gasteiger partial charge in [0.1, 0.15) is 17.9 Å². The number of rotatable bonds is 19. The first-order chi connectivity index (χ1) is 38.6. The molecule has 2 bridgehead atoms. The van der Waals surface area contributed by atoms with Gasteiger partial charge in [0.15, 0.2) is 18.0 Å². The summed E-state index contributed by atoms with van der Waals surface area (Å²) in [5.74, 6) is -9.31. The molecule has 0 aromatic carbocycles. The van der Waals surface area contributed by atoms with Gasteiger partial charge in [-0.25, -0.2) is 9.59 Å². The fourth-order valence-corrected chi connectivity index (χ4v) is 11.0. The van der Waals surface area contributed by atoms with Crippen LogP contribution < -0.4 is 11.1 Å². The molecule has 21 heteroatoms. The van der Waals surface area contributed by atoms with E-state index in [0.717, 1.165) is 10.5 Å². The number of methoxy groups -OCH3 is 2. The number of hydrogen-bond acceptors (Lipinski definition) is 19. The first-order valence-corrected chi connectivity index (χ1v) is 29.3. The van der Waals surface area contributed by atoms with Crippen LogP contribution in [0.2, 0.25) is 0 Å².